The number of ether oxygens (including phenoxy) is 1. The Kier molecular flexibility index (Phi) is 6.05. The second-order valence-electron chi connectivity index (χ2n) is 6.84. The first kappa shape index (κ1) is 17.8. The molecule has 1 heterocycles. The number of nitrogens with one attached hydrogen (secondary N) is 1. The largest absolute Gasteiger partial charge is 0.481 e. The van der Waals surface area contributed by atoms with Crippen LogP contribution in [0.3, 0.4) is 0 Å². The molecular formula is C19H30N2O2. The van der Waals surface area contributed by atoms with Crippen LogP contribution in [-0.4, -0.2) is 43.1 Å². The van der Waals surface area contributed by atoms with Crippen LogP contribution in [0, 0.1) is 6.92 Å². The average Bonchev–Trinajstić information content (AvgIpc) is 2.94. The molecule has 0 radical (unpaired) electrons. The first-order valence-corrected chi connectivity index (χ1v) is 8.66. The van der Waals surface area contributed by atoms with E-state index in [0.717, 1.165) is 42.8 Å². The molecule has 1 aromatic rings. The Morgan fingerprint density at radius 2 is 2.13 bits per heavy atom. The molecule has 0 aromatic heterocycles. The van der Waals surface area contributed by atoms with E-state index in [2.05, 4.69) is 31.3 Å². The zero-order valence-electron chi connectivity index (χ0n) is 15.1. The van der Waals surface area contributed by atoms with Gasteiger partial charge in [-0.2, -0.15) is 0 Å². The minimum Gasteiger partial charge on any atom is -0.481 e. The lowest BCUT2D eigenvalue weighted by Gasteiger charge is -2.28. The number of likely N-dealkylation sites (tertiary alicyclic amines) is 1. The summed E-state index contributed by atoms with van der Waals surface area (Å²) >= 11 is 0. The Morgan fingerprint density at radius 1 is 1.39 bits per heavy atom. The van der Waals surface area contributed by atoms with Crippen molar-refractivity contribution in [3.8, 4) is 5.75 Å². The average molecular weight is 318 g/mol. The van der Waals surface area contributed by atoms with Crippen LogP contribution in [0.5, 0.6) is 5.75 Å². The molecule has 1 N–H and O–H groups in total. The fourth-order valence-corrected chi connectivity index (χ4v) is 3.27. The van der Waals surface area contributed by atoms with Crippen LogP contribution in [0.4, 0.5) is 0 Å². The fraction of sp³-hybridized carbons (Fsp3) is 0.632. The summed E-state index contributed by atoms with van der Waals surface area (Å²) in [7, 11) is 1.93. The van der Waals surface area contributed by atoms with Gasteiger partial charge < -0.3 is 15.0 Å². The van der Waals surface area contributed by atoms with E-state index in [1.165, 1.54) is 0 Å². The highest BCUT2D eigenvalue weighted by atomic mass is 16.5. The maximum absolute atomic E-state index is 12.8. The van der Waals surface area contributed by atoms with Gasteiger partial charge in [0, 0.05) is 19.1 Å². The molecule has 2 atom stereocenters. The Hall–Kier alpha value is -1.55. The van der Waals surface area contributed by atoms with E-state index in [0.29, 0.717) is 12.0 Å². The molecule has 1 amide bonds. The SMILES string of the molecule is CNCC1CCCN1C(=O)C(C)Oc1cc(C)ccc1C(C)C. The predicted octanol–water partition coefficient (Wildman–Crippen LogP) is 3.10. The number of carbonyl (C=O) groups is 1. The van der Waals surface area contributed by atoms with E-state index >= 15 is 0 Å². The molecule has 0 bridgehead atoms. The van der Waals surface area contributed by atoms with Crippen molar-refractivity contribution in [1.82, 2.24) is 10.2 Å². The van der Waals surface area contributed by atoms with Gasteiger partial charge in [0.05, 0.1) is 0 Å². The van der Waals surface area contributed by atoms with Gasteiger partial charge in [-0.1, -0.05) is 26.0 Å². The van der Waals surface area contributed by atoms with Crippen molar-refractivity contribution in [3.05, 3.63) is 29.3 Å². The number of carbonyl (C=O) groups excluding carboxylic acids is 1. The van der Waals surface area contributed by atoms with Gasteiger partial charge in [0.15, 0.2) is 6.10 Å². The number of hydrogen-bond donors (Lipinski definition) is 1. The zero-order valence-corrected chi connectivity index (χ0v) is 15.1. The molecule has 1 aromatic carbocycles. The van der Waals surface area contributed by atoms with Gasteiger partial charge in [0.1, 0.15) is 5.75 Å². The molecule has 23 heavy (non-hydrogen) atoms. The van der Waals surface area contributed by atoms with E-state index in [-0.39, 0.29) is 5.91 Å². The van der Waals surface area contributed by atoms with E-state index in [4.69, 9.17) is 4.74 Å². The van der Waals surface area contributed by atoms with Gasteiger partial charge >= 0.3 is 0 Å². The molecule has 4 nitrogen and oxygen atoms in total. The highest BCUT2D eigenvalue weighted by molar-refractivity contribution is 5.81. The minimum atomic E-state index is -0.452. The normalized spacial score (nSPS) is 19.2. The quantitative estimate of drug-likeness (QED) is 0.876. The lowest BCUT2D eigenvalue weighted by atomic mass is 10.0. The maximum Gasteiger partial charge on any atom is 0.263 e. The van der Waals surface area contributed by atoms with Crippen molar-refractivity contribution in [3.63, 3.8) is 0 Å². The maximum atomic E-state index is 12.8. The third-order valence-electron chi connectivity index (χ3n) is 4.54. The third kappa shape index (κ3) is 4.25. The molecule has 1 aliphatic rings. The highest BCUT2D eigenvalue weighted by Crippen LogP contribution is 2.29. The van der Waals surface area contributed by atoms with Crippen molar-refractivity contribution in [2.75, 3.05) is 20.1 Å². The summed E-state index contributed by atoms with van der Waals surface area (Å²) in [6.07, 6.45) is 1.69. The highest BCUT2D eigenvalue weighted by Gasteiger charge is 2.32. The number of hydrogen-bond acceptors (Lipinski definition) is 3. The summed E-state index contributed by atoms with van der Waals surface area (Å²) in [6.45, 7) is 9.89. The van der Waals surface area contributed by atoms with Crippen LogP contribution in [-0.2, 0) is 4.79 Å². The van der Waals surface area contributed by atoms with E-state index in [1.807, 2.05) is 31.9 Å². The van der Waals surface area contributed by atoms with Crippen LogP contribution < -0.4 is 10.1 Å². The van der Waals surface area contributed by atoms with Crippen molar-refractivity contribution in [1.29, 1.82) is 0 Å². The van der Waals surface area contributed by atoms with E-state index < -0.39 is 6.10 Å². The number of amides is 1. The van der Waals surface area contributed by atoms with Crippen molar-refractivity contribution < 1.29 is 9.53 Å². The van der Waals surface area contributed by atoms with Gasteiger partial charge in [-0.05, 0) is 56.8 Å². The van der Waals surface area contributed by atoms with Gasteiger partial charge in [-0.25, -0.2) is 0 Å². The molecule has 2 rings (SSSR count). The lowest BCUT2D eigenvalue weighted by molar-refractivity contribution is -0.138. The molecule has 2 unspecified atom stereocenters. The third-order valence-corrected chi connectivity index (χ3v) is 4.54. The predicted molar refractivity (Wildman–Crippen MR) is 94.0 cm³/mol. The van der Waals surface area contributed by atoms with E-state index in [1.54, 1.807) is 0 Å². The molecule has 1 aliphatic heterocycles. The number of rotatable bonds is 6. The van der Waals surface area contributed by atoms with E-state index in [9.17, 15) is 4.79 Å². The first-order chi connectivity index (χ1) is 10.9. The summed E-state index contributed by atoms with van der Waals surface area (Å²) in [5.41, 5.74) is 2.31. The summed E-state index contributed by atoms with van der Waals surface area (Å²) in [5, 5.41) is 3.18. The number of nitrogens with zero attached hydrogens (tertiary/aromatic N) is 1. The Bertz CT molecular complexity index is 542. The number of aryl methyl sites for hydroxylation is 1. The molecule has 1 fully saturated rings. The molecule has 0 saturated carbocycles. The summed E-state index contributed by atoms with van der Waals surface area (Å²) in [5.74, 6) is 1.31. The first-order valence-electron chi connectivity index (χ1n) is 8.66. The van der Waals surface area contributed by atoms with Gasteiger partial charge in [0.25, 0.3) is 5.91 Å². The number of likely N-dealkylation sites (N-methyl/N-ethyl adjacent to an activating group) is 1. The van der Waals surface area contributed by atoms with Crippen LogP contribution in [0.15, 0.2) is 18.2 Å². The van der Waals surface area contributed by atoms with Gasteiger partial charge in [-0.15, -0.1) is 0 Å². The van der Waals surface area contributed by atoms with Crippen LogP contribution in [0.1, 0.15) is 50.7 Å². The lowest BCUT2D eigenvalue weighted by Crippen LogP contribution is -2.46. The number of benzene rings is 1. The molecule has 128 valence electrons. The Labute approximate surface area is 140 Å². The van der Waals surface area contributed by atoms with Gasteiger partial charge in [-0.3, -0.25) is 4.79 Å². The molecular weight excluding hydrogens is 288 g/mol. The summed E-state index contributed by atoms with van der Waals surface area (Å²) in [4.78, 5) is 14.8. The second kappa shape index (κ2) is 7.82. The fourth-order valence-electron chi connectivity index (χ4n) is 3.27. The van der Waals surface area contributed by atoms with Crippen LogP contribution in [0.2, 0.25) is 0 Å². The molecule has 1 saturated heterocycles. The smallest absolute Gasteiger partial charge is 0.263 e. The molecule has 4 heteroatoms. The van der Waals surface area contributed by atoms with Crippen LogP contribution >= 0.6 is 0 Å². The Morgan fingerprint density at radius 3 is 2.78 bits per heavy atom. The summed E-state index contributed by atoms with van der Waals surface area (Å²) < 4.78 is 6.08. The zero-order chi connectivity index (χ0) is 17.0. The van der Waals surface area contributed by atoms with Crippen molar-refractivity contribution in [2.24, 2.45) is 0 Å². The summed E-state index contributed by atoms with van der Waals surface area (Å²) in [6, 6.07) is 6.53. The molecule has 0 spiro atoms. The van der Waals surface area contributed by atoms with Crippen molar-refractivity contribution >= 4 is 5.91 Å². The monoisotopic (exact) mass is 318 g/mol. The second-order valence-corrected chi connectivity index (χ2v) is 6.84. The van der Waals surface area contributed by atoms with Gasteiger partial charge in [0.2, 0.25) is 0 Å². The standard InChI is InChI=1S/C19H30N2O2/c1-13(2)17-9-8-14(3)11-18(17)23-15(4)19(22)21-10-6-7-16(21)12-20-5/h8-9,11,13,15-16,20H,6-7,10,12H2,1-5H3. The van der Waals surface area contributed by atoms with Crippen molar-refractivity contribution in [2.45, 2.75) is 58.6 Å². The molecule has 0 aliphatic carbocycles. The van der Waals surface area contributed by atoms with Crippen LogP contribution in [0.25, 0.3) is 0 Å². The topological polar surface area (TPSA) is 41.6 Å². The minimum absolute atomic E-state index is 0.0963. The Balaban J connectivity index is 2.11.